The van der Waals surface area contributed by atoms with Crippen molar-refractivity contribution in [1.82, 2.24) is 9.55 Å². The van der Waals surface area contributed by atoms with Crippen LogP contribution in [0.5, 0.6) is 11.5 Å². The third-order valence-electron chi connectivity index (χ3n) is 3.10. The molecular weight excluding hydrogens is 290 g/mol. The molecule has 0 spiro atoms. The molecule has 2 rings (SSSR count). The molecule has 2 aromatic rings. The Morgan fingerprint density at radius 1 is 1.19 bits per heavy atom. The highest BCUT2D eigenvalue weighted by atomic mass is 32.1. The Hall–Kier alpha value is -2.28. The smallest absolute Gasteiger partial charge is 0.253 e. The Balaban J connectivity index is 2.24. The Morgan fingerprint density at radius 3 is 2.33 bits per heavy atom. The van der Waals surface area contributed by atoms with Crippen LogP contribution in [0.25, 0.3) is 0 Å². The third kappa shape index (κ3) is 3.63. The molecule has 0 aliphatic carbocycles. The number of nitrogens with two attached hydrogens (primary N) is 1. The maximum absolute atomic E-state index is 11.3. The summed E-state index contributed by atoms with van der Waals surface area (Å²) in [6, 6.07) is 6.98. The number of aromatic amines is 1. The normalized spacial score (nSPS) is 10.4. The zero-order chi connectivity index (χ0) is 15.4. The fourth-order valence-electron chi connectivity index (χ4n) is 2.02. The number of aryl methyl sites for hydroxylation is 1. The van der Waals surface area contributed by atoms with Gasteiger partial charge in [-0.15, -0.1) is 0 Å². The number of hydrogen-bond donors (Lipinski definition) is 2. The van der Waals surface area contributed by atoms with Crippen LogP contribution < -0.4 is 20.8 Å². The molecule has 0 saturated heterocycles. The molecule has 0 fully saturated rings. The van der Waals surface area contributed by atoms with Crippen molar-refractivity contribution in [3.63, 3.8) is 0 Å². The van der Waals surface area contributed by atoms with E-state index in [0.29, 0.717) is 23.6 Å². The molecule has 1 heterocycles. The Bertz CT molecular complexity index is 730. The van der Waals surface area contributed by atoms with Gasteiger partial charge >= 0.3 is 0 Å². The van der Waals surface area contributed by atoms with E-state index >= 15 is 0 Å². The number of anilines is 1. The van der Waals surface area contributed by atoms with Gasteiger partial charge in [-0.2, -0.15) is 0 Å². The average molecular weight is 307 g/mol. The topological polar surface area (TPSA) is 82.3 Å². The van der Waals surface area contributed by atoms with Gasteiger partial charge in [-0.05, 0) is 36.3 Å². The predicted molar refractivity (Wildman–Crippen MR) is 83.5 cm³/mol. The predicted octanol–water partition coefficient (Wildman–Crippen LogP) is 1.75. The maximum Gasteiger partial charge on any atom is 0.253 e. The molecule has 0 bridgehead atoms. The van der Waals surface area contributed by atoms with Crippen LogP contribution in [0, 0.1) is 4.77 Å². The number of nitrogen functional groups attached to an aromatic ring is 1. The minimum absolute atomic E-state index is 0.295. The van der Waals surface area contributed by atoms with Crippen LogP contribution in [0.3, 0.4) is 0 Å². The second-order valence-corrected chi connectivity index (χ2v) is 4.87. The summed E-state index contributed by atoms with van der Waals surface area (Å²) in [5.74, 6) is 1.79. The molecule has 0 radical (unpaired) electrons. The van der Waals surface area contributed by atoms with Gasteiger partial charge in [-0.3, -0.25) is 9.78 Å². The first-order valence-corrected chi connectivity index (χ1v) is 6.76. The largest absolute Gasteiger partial charge is 0.497 e. The van der Waals surface area contributed by atoms with Gasteiger partial charge < -0.3 is 19.8 Å². The average Bonchev–Trinajstić information content (AvgIpc) is 2.45. The van der Waals surface area contributed by atoms with Crippen molar-refractivity contribution < 1.29 is 9.47 Å². The molecule has 0 atom stereocenters. The lowest BCUT2D eigenvalue weighted by atomic mass is 10.1. The summed E-state index contributed by atoms with van der Waals surface area (Å²) in [4.78, 5) is 13.8. The standard InChI is InChI=1S/C14H17N3O3S/c1-19-10-5-9(6-11(7-10)20-2)3-4-17-12(15)8-13(18)16-14(17)21/h5-8H,3-4,15H2,1-2H3,(H,16,18,21). The van der Waals surface area contributed by atoms with Crippen molar-refractivity contribution in [3.05, 3.63) is 45.0 Å². The van der Waals surface area contributed by atoms with Crippen molar-refractivity contribution in [2.75, 3.05) is 20.0 Å². The quantitative estimate of drug-likeness (QED) is 0.822. The van der Waals surface area contributed by atoms with Crippen LogP contribution in [0.15, 0.2) is 29.1 Å². The van der Waals surface area contributed by atoms with Gasteiger partial charge in [0.15, 0.2) is 4.77 Å². The van der Waals surface area contributed by atoms with Crippen LogP contribution in [-0.2, 0) is 13.0 Å². The summed E-state index contributed by atoms with van der Waals surface area (Å²) in [5, 5.41) is 0. The van der Waals surface area contributed by atoms with E-state index in [4.69, 9.17) is 27.4 Å². The number of aromatic nitrogens is 2. The lowest BCUT2D eigenvalue weighted by molar-refractivity contribution is 0.393. The van der Waals surface area contributed by atoms with Crippen LogP contribution in [0.4, 0.5) is 5.82 Å². The molecule has 6 nitrogen and oxygen atoms in total. The summed E-state index contributed by atoms with van der Waals surface area (Å²) < 4.78 is 12.5. The molecule has 1 aromatic heterocycles. The highest BCUT2D eigenvalue weighted by molar-refractivity contribution is 7.71. The highest BCUT2D eigenvalue weighted by Gasteiger charge is 2.05. The molecule has 0 amide bonds. The summed E-state index contributed by atoms with van der Waals surface area (Å²) in [6.45, 7) is 0.553. The van der Waals surface area contributed by atoms with Gasteiger partial charge in [0.2, 0.25) is 0 Å². The van der Waals surface area contributed by atoms with Gasteiger partial charge in [0.1, 0.15) is 17.3 Å². The Labute approximate surface area is 127 Å². The van der Waals surface area contributed by atoms with Crippen molar-refractivity contribution in [2.45, 2.75) is 13.0 Å². The number of rotatable bonds is 5. The van der Waals surface area contributed by atoms with E-state index in [-0.39, 0.29) is 5.56 Å². The molecule has 3 N–H and O–H groups in total. The molecule has 0 aliphatic heterocycles. The second kappa shape index (κ2) is 6.45. The minimum Gasteiger partial charge on any atom is -0.497 e. The van der Waals surface area contributed by atoms with E-state index in [9.17, 15) is 4.79 Å². The van der Waals surface area contributed by atoms with E-state index in [2.05, 4.69) is 4.98 Å². The monoisotopic (exact) mass is 307 g/mol. The number of nitrogens with zero attached hydrogens (tertiary/aromatic N) is 1. The lowest BCUT2D eigenvalue weighted by Crippen LogP contribution is -2.17. The van der Waals surface area contributed by atoms with E-state index < -0.39 is 0 Å². The van der Waals surface area contributed by atoms with Crippen molar-refractivity contribution in [2.24, 2.45) is 0 Å². The van der Waals surface area contributed by atoms with E-state index in [0.717, 1.165) is 17.1 Å². The summed E-state index contributed by atoms with van der Waals surface area (Å²) in [5.41, 5.74) is 6.56. The first-order valence-electron chi connectivity index (χ1n) is 6.35. The van der Waals surface area contributed by atoms with Gasteiger partial charge in [0.05, 0.1) is 14.2 Å². The van der Waals surface area contributed by atoms with Crippen LogP contribution in [-0.4, -0.2) is 23.8 Å². The van der Waals surface area contributed by atoms with Crippen molar-refractivity contribution in [3.8, 4) is 11.5 Å². The molecule has 112 valence electrons. The Morgan fingerprint density at radius 2 is 1.81 bits per heavy atom. The molecule has 1 aromatic carbocycles. The van der Waals surface area contributed by atoms with Crippen LogP contribution in [0.1, 0.15) is 5.56 Å². The lowest BCUT2D eigenvalue weighted by Gasteiger charge is -2.11. The van der Waals surface area contributed by atoms with Crippen LogP contribution >= 0.6 is 12.2 Å². The summed E-state index contributed by atoms with van der Waals surface area (Å²) in [7, 11) is 3.21. The summed E-state index contributed by atoms with van der Waals surface area (Å²) in [6.07, 6.45) is 0.679. The second-order valence-electron chi connectivity index (χ2n) is 4.49. The van der Waals surface area contributed by atoms with Crippen molar-refractivity contribution >= 4 is 18.0 Å². The van der Waals surface area contributed by atoms with Crippen LogP contribution in [0.2, 0.25) is 0 Å². The number of ether oxygens (including phenoxy) is 2. The summed E-state index contributed by atoms with van der Waals surface area (Å²) >= 11 is 5.12. The fraction of sp³-hybridized carbons (Fsp3) is 0.286. The zero-order valence-corrected chi connectivity index (χ0v) is 12.7. The Kier molecular flexibility index (Phi) is 4.64. The van der Waals surface area contributed by atoms with E-state index in [1.807, 2.05) is 18.2 Å². The first kappa shape index (κ1) is 15.1. The number of methoxy groups -OCH3 is 2. The van der Waals surface area contributed by atoms with Gasteiger partial charge in [0, 0.05) is 18.7 Å². The maximum atomic E-state index is 11.3. The molecule has 0 unspecified atom stereocenters. The van der Waals surface area contributed by atoms with E-state index in [1.165, 1.54) is 6.07 Å². The number of H-pyrrole nitrogens is 1. The van der Waals surface area contributed by atoms with Gasteiger partial charge in [-0.25, -0.2) is 0 Å². The zero-order valence-electron chi connectivity index (χ0n) is 11.9. The fourth-order valence-corrected chi connectivity index (χ4v) is 2.32. The molecule has 0 saturated carbocycles. The minimum atomic E-state index is -0.295. The first-order chi connectivity index (χ1) is 10.0. The molecule has 21 heavy (non-hydrogen) atoms. The third-order valence-corrected chi connectivity index (χ3v) is 3.42. The number of benzene rings is 1. The molecule has 0 aliphatic rings. The van der Waals surface area contributed by atoms with Crippen molar-refractivity contribution in [1.29, 1.82) is 0 Å². The highest BCUT2D eigenvalue weighted by Crippen LogP contribution is 2.23. The van der Waals surface area contributed by atoms with Gasteiger partial charge in [-0.1, -0.05) is 0 Å². The van der Waals surface area contributed by atoms with Gasteiger partial charge in [0.25, 0.3) is 5.56 Å². The van der Waals surface area contributed by atoms with E-state index in [1.54, 1.807) is 18.8 Å². The molecule has 7 heteroatoms. The number of hydrogen-bond acceptors (Lipinski definition) is 5. The SMILES string of the molecule is COc1cc(CCn2c(N)cc(=O)[nH]c2=S)cc(OC)c1. The number of nitrogens with one attached hydrogen (secondary N) is 1. The molecular formula is C14H17N3O3S.